The molecule has 0 fully saturated rings. The van der Waals surface area contributed by atoms with Crippen LogP contribution in [0.4, 0.5) is 0 Å². The summed E-state index contributed by atoms with van der Waals surface area (Å²) < 4.78 is 16.7. The van der Waals surface area contributed by atoms with Gasteiger partial charge in [0.25, 0.3) is 0 Å². The first-order chi connectivity index (χ1) is 9.30. The van der Waals surface area contributed by atoms with Crippen LogP contribution in [0.1, 0.15) is 34.1 Å². The molecule has 0 saturated carbocycles. The highest BCUT2D eigenvalue weighted by Gasteiger charge is 2.21. The average Bonchev–Trinajstić information content (AvgIpc) is 2.37. The first-order valence-electron chi connectivity index (χ1n) is 6.91. The fourth-order valence-corrected chi connectivity index (χ4v) is 1.61. The molecule has 0 saturated heterocycles. The summed E-state index contributed by atoms with van der Waals surface area (Å²) in [5, 5.41) is 3.06. The summed E-state index contributed by atoms with van der Waals surface area (Å²) in [5.41, 5.74) is -0.273. The van der Waals surface area contributed by atoms with Gasteiger partial charge in [-0.05, 0) is 34.1 Å². The maximum atomic E-state index is 11.2. The lowest BCUT2D eigenvalue weighted by atomic mass is 10.1. The van der Waals surface area contributed by atoms with E-state index in [9.17, 15) is 4.79 Å². The molecular formula is C14H28BrNO4. The van der Waals surface area contributed by atoms with Crippen molar-refractivity contribution in [2.45, 2.75) is 51.9 Å². The lowest BCUT2D eigenvalue weighted by molar-refractivity contribution is -0.120. The zero-order chi connectivity index (χ0) is 15.6. The molecule has 0 spiro atoms. The highest BCUT2D eigenvalue weighted by Crippen LogP contribution is 2.15. The van der Waals surface area contributed by atoms with Crippen molar-refractivity contribution in [3.05, 3.63) is 0 Å². The van der Waals surface area contributed by atoms with Crippen molar-refractivity contribution in [2.24, 2.45) is 0 Å². The Morgan fingerprint density at radius 2 is 2.00 bits per heavy atom. The molecule has 0 radical (unpaired) electrons. The number of ether oxygens (including phenoxy) is 3. The number of methoxy groups -OCH3 is 1. The second-order valence-corrected chi connectivity index (χ2v) is 6.10. The predicted molar refractivity (Wildman–Crippen MR) is 83.3 cm³/mol. The van der Waals surface area contributed by atoms with Gasteiger partial charge < -0.3 is 19.5 Å². The maximum absolute atomic E-state index is 11.2. The molecule has 0 bridgehead atoms. The van der Waals surface area contributed by atoms with Gasteiger partial charge in [0.1, 0.15) is 0 Å². The Morgan fingerprint density at radius 1 is 1.35 bits per heavy atom. The molecule has 120 valence electrons. The van der Waals surface area contributed by atoms with Crippen molar-refractivity contribution in [3.8, 4) is 0 Å². The quantitative estimate of drug-likeness (QED) is 0.578. The van der Waals surface area contributed by atoms with Gasteiger partial charge in [-0.25, -0.2) is 0 Å². The van der Waals surface area contributed by atoms with E-state index in [1.165, 1.54) is 0 Å². The van der Waals surface area contributed by atoms with E-state index in [0.717, 1.165) is 6.42 Å². The molecular weight excluding hydrogens is 326 g/mol. The number of alkyl halides is 1. The number of carbonyl (C=O) groups is 1. The van der Waals surface area contributed by atoms with Crippen LogP contribution >= 0.6 is 15.9 Å². The molecule has 0 aromatic heterocycles. The van der Waals surface area contributed by atoms with E-state index in [0.29, 0.717) is 25.1 Å². The topological polar surface area (TPSA) is 56.8 Å². The minimum atomic E-state index is -0.273. The van der Waals surface area contributed by atoms with Gasteiger partial charge in [0, 0.05) is 20.3 Å². The van der Waals surface area contributed by atoms with Crippen LogP contribution in [0.25, 0.3) is 0 Å². The predicted octanol–water partition coefficient (Wildman–Crippen LogP) is 2.12. The van der Waals surface area contributed by atoms with Crippen LogP contribution in [0.5, 0.6) is 0 Å². The van der Waals surface area contributed by atoms with Crippen molar-refractivity contribution < 1.29 is 19.0 Å². The first kappa shape index (κ1) is 19.8. The first-order valence-corrected chi connectivity index (χ1v) is 8.04. The summed E-state index contributed by atoms with van der Waals surface area (Å²) in [4.78, 5) is 11.2. The van der Waals surface area contributed by atoms with E-state index < -0.39 is 0 Å². The minimum absolute atomic E-state index is 0.0587. The Morgan fingerprint density at radius 3 is 2.50 bits per heavy atom. The molecule has 0 aromatic carbocycles. The molecule has 1 amide bonds. The van der Waals surface area contributed by atoms with Gasteiger partial charge in [0.2, 0.25) is 5.91 Å². The van der Waals surface area contributed by atoms with Crippen LogP contribution in [-0.2, 0) is 19.0 Å². The fraction of sp³-hybridized carbons (Fsp3) is 0.929. The molecule has 6 heteroatoms. The summed E-state index contributed by atoms with van der Waals surface area (Å²) in [5.74, 6) is -0.0587. The lowest BCUT2D eigenvalue weighted by Gasteiger charge is -2.28. The Labute approximate surface area is 130 Å². The molecule has 1 N–H and O–H groups in total. The lowest BCUT2D eigenvalue weighted by Crippen LogP contribution is -2.39. The Bertz CT molecular complexity index is 272. The highest BCUT2D eigenvalue weighted by molar-refractivity contribution is 9.09. The maximum Gasteiger partial charge on any atom is 0.230 e. The number of hydrogen-bond acceptors (Lipinski definition) is 4. The van der Waals surface area contributed by atoms with E-state index in [2.05, 4.69) is 21.2 Å². The summed E-state index contributed by atoms with van der Waals surface area (Å²) in [7, 11) is 1.61. The molecule has 0 aliphatic carbocycles. The van der Waals surface area contributed by atoms with Crippen LogP contribution in [0, 0.1) is 0 Å². The molecule has 1 unspecified atom stereocenters. The summed E-state index contributed by atoms with van der Waals surface area (Å²) in [6, 6.07) is 0. The van der Waals surface area contributed by atoms with Gasteiger partial charge in [0.05, 0.1) is 29.7 Å². The number of carbonyl (C=O) groups excluding carboxylic acids is 1. The molecule has 20 heavy (non-hydrogen) atoms. The van der Waals surface area contributed by atoms with Crippen LogP contribution in [0.15, 0.2) is 0 Å². The van der Waals surface area contributed by atoms with E-state index >= 15 is 0 Å². The van der Waals surface area contributed by atoms with Crippen molar-refractivity contribution >= 4 is 21.8 Å². The third-order valence-corrected chi connectivity index (χ3v) is 3.31. The third-order valence-electron chi connectivity index (χ3n) is 2.80. The fourth-order valence-electron chi connectivity index (χ4n) is 1.42. The SMILES string of the molecule is COC(CNC(=O)CBr)COC(C)(C)CCOC(C)C. The van der Waals surface area contributed by atoms with Crippen molar-refractivity contribution in [3.63, 3.8) is 0 Å². The molecule has 0 rings (SSSR count). The highest BCUT2D eigenvalue weighted by atomic mass is 79.9. The number of amides is 1. The minimum Gasteiger partial charge on any atom is -0.379 e. The zero-order valence-electron chi connectivity index (χ0n) is 13.2. The Balaban J connectivity index is 3.97. The van der Waals surface area contributed by atoms with E-state index in [4.69, 9.17) is 14.2 Å². The molecule has 0 heterocycles. The largest absolute Gasteiger partial charge is 0.379 e. The number of halogens is 1. The van der Waals surface area contributed by atoms with Crippen LogP contribution in [-0.4, -0.2) is 55.9 Å². The van der Waals surface area contributed by atoms with Crippen LogP contribution in [0.2, 0.25) is 0 Å². The molecule has 0 aromatic rings. The van der Waals surface area contributed by atoms with Gasteiger partial charge in [0.15, 0.2) is 0 Å². The van der Waals surface area contributed by atoms with Gasteiger partial charge >= 0.3 is 0 Å². The monoisotopic (exact) mass is 353 g/mol. The zero-order valence-corrected chi connectivity index (χ0v) is 14.8. The second-order valence-electron chi connectivity index (χ2n) is 5.54. The van der Waals surface area contributed by atoms with E-state index in [-0.39, 0.29) is 23.7 Å². The van der Waals surface area contributed by atoms with E-state index in [1.54, 1.807) is 7.11 Å². The molecule has 1 atom stereocenters. The molecule has 0 aliphatic rings. The van der Waals surface area contributed by atoms with E-state index in [1.807, 2.05) is 27.7 Å². The Kier molecular flexibility index (Phi) is 10.5. The average molecular weight is 354 g/mol. The van der Waals surface area contributed by atoms with Crippen LogP contribution < -0.4 is 5.32 Å². The Hall–Kier alpha value is -0.170. The summed E-state index contributed by atoms with van der Waals surface area (Å²) >= 11 is 3.10. The number of nitrogens with one attached hydrogen (secondary N) is 1. The standard InChI is InChI=1S/C14H28BrNO4/c1-11(2)19-7-6-14(3,4)20-10-12(18-5)9-16-13(17)8-15/h11-12H,6-10H2,1-5H3,(H,16,17). The van der Waals surface area contributed by atoms with Gasteiger partial charge in [-0.1, -0.05) is 15.9 Å². The van der Waals surface area contributed by atoms with Gasteiger partial charge in [-0.3, -0.25) is 4.79 Å². The molecule has 0 aliphatic heterocycles. The number of rotatable bonds is 11. The van der Waals surface area contributed by atoms with Crippen molar-refractivity contribution in [1.82, 2.24) is 5.32 Å². The van der Waals surface area contributed by atoms with Crippen LogP contribution in [0.3, 0.4) is 0 Å². The normalized spacial score (nSPS) is 13.6. The van der Waals surface area contributed by atoms with Crippen molar-refractivity contribution in [1.29, 1.82) is 0 Å². The van der Waals surface area contributed by atoms with Crippen molar-refractivity contribution in [2.75, 3.05) is 32.2 Å². The molecule has 5 nitrogen and oxygen atoms in total. The summed E-state index contributed by atoms with van der Waals surface area (Å²) in [6.45, 7) is 9.64. The van der Waals surface area contributed by atoms with Gasteiger partial charge in [-0.2, -0.15) is 0 Å². The number of hydrogen-bond donors (Lipinski definition) is 1. The second kappa shape index (κ2) is 10.5. The smallest absolute Gasteiger partial charge is 0.230 e. The van der Waals surface area contributed by atoms with Gasteiger partial charge in [-0.15, -0.1) is 0 Å². The summed E-state index contributed by atoms with van der Waals surface area (Å²) in [6.07, 6.45) is 0.898. The third kappa shape index (κ3) is 10.6.